The summed E-state index contributed by atoms with van der Waals surface area (Å²) in [6.07, 6.45) is 3.89. The fourth-order valence-electron chi connectivity index (χ4n) is 2.78. The Balaban J connectivity index is 1.91. The number of carbonyl (C=O) groups excluding carboxylic acids is 1. The number of benzene rings is 1. The molecule has 1 fully saturated rings. The molecule has 0 aromatic heterocycles. The lowest BCUT2D eigenvalue weighted by Crippen LogP contribution is -2.34. The van der Waals surface area contributed by atoms with E-state index < -0.39 is 0 Å². The van der Waals surface area contributed by atoms with Gasteiger partial charge in [0.1, 0.15) is 5.75 Å². The molecule has 19 heavy (non-hydrogen) atoms. The SMILES string of the molecule is COc1cc(CC(=O)NC2CCC(C)C2)ccc1C. The molecule has 0 spiro atoms. The Morgan fingerprint density at radius 2 is 2.21 bits per heavy atom. The van der Waals surface area contributed by atoms with Crippen molar-refractivity contribution in [2.24, 2.45) is 5.92 Å². The van der Waals surface area contributed by atoms with Crippen LogP contribution < -0.4 is 10.1 Å². The van der Waals surface area contributed by atoms with E-state index in [4.69, 9.17) is 4.74 Å². The average Bonchev–Trinajstić information content (AvgIpc) is 2.77. The second-order valence-corrected chi connectivity index (χ2v) is 5.66. The third-order valence-electron chi connectivity index (χ3n) is 3.90. The second kappa shape index (κ2) is 6.09. The summed E-state index contributed by atoms with van der Waals surface area (Å²) < 4.78 is 5.28. The summed E-state index contributed by atoms with van der Waals surface area (Å²) in [4.78, 5) is 12.0. The Morgan fingerprint density at radius 1 is 1.42 bits per heavy atom. The summed E-state index contributed by atoms with van der Waals surface area (Å²) in [7, 11) is 1.66. The number of methoxy groups -OCH3 is 1. The maximum atomic E-state index is 12.0. The largest absolute Gasteiger partial charge is 0.496 e. The molecule has 1 saturated carbocycles. The zero-order valence-corrected chi connectivity index (χ0v) is 12.0. The third-order valence-corrected chi connectivity index (χ3v) is 3.90. The molecule has 3 heteroatoms. The van der Waals surface area contributed by atoms with Crippen molar-refractivity contribution in [1.82, 2.24) is 5.32 Å². The van der Waals surface area contributed by atoms with Crippen molar-refractivity contribution in [3.05, 3.63) is 29.3 Å². The standard InChI is InChI=1S/C16H23NO2/c1-11-4-7-14(8-11)17-16(18)10-13-6-5-12(2)15(9-13)19-3/h5-6,9,11,14H,4,7-8,10H2,1-3H3,(H,17,18). The molecule has 1 amide bonds. The van der Waals surface area contributed by atoms with Crippen molar-refractivity contribution in [2.75, 3.05) is 7.11 Å². The van der Waals surface area contributed by atoms with Gasteiger partial charge in [-0.1, -0.05) is 19.1 Å². The zero-order chi connectivity index (χ0) is 13.8. The van der Waals surface area contributed by atoms with Crippen LogP contribution in [0.2, 0.25) is 0 Å². The normalized spacial score (nSPS) is 22.3. The van der Waals surface area contributed by atoms with Crippen molar-refractivity contribution in [2.45, 2.75) is 45.6 Å². The van der Waals surface area contributed by atoms with Crippen LogP contribution in [0.25, 0.3) is 0 Å². The number of hydrogen-bond donors (Lipinski definition) is 1. The van der Waals surface area contributed by atoms with Crippen LogP contribution in [-0.2, 0) is 11.2 Å². The van der Waals surface area contributed by atoms with E-state index in [9.17, 15) is 4.79 Å². The van der Waals surface area contributed by atoms with Crippen LogP contribution in [0.1, 0.15) is 37.3 Å². The summed E-state index contributed by atoms with van der Waals surface area (Å²) in [5.41, 5.74) is 2.10. The molecular formula is C16H23NO2. The molecule has 2 atom stereocenters. The van der Waals surface area contributed by atoms with Crippen molar-refractivity contribution in [3.8, 4) is 5.75 Å². The van der Waals surface area contributed by atoms with Gasteiger partial charge in [-0.05, 0) is 49.3 Å². The monoisotopic (exact) mass is 261 g/mol. The molecule has 104 valence electrons. The van der Waals surface area contributed by atoms with Gasteiger partial charge >= 0.3 is 0 Å². The molecule has 0 aliphatic heterocycles. The predicted molar refractivity (Wildman–Crippen MR) is 76.4 cm³/mol. The second-order valence-electron chi connectivity index (χ2n) is 5.66. The topological polar surface area (TPSA) is 38.3 Å². The van der Waals surface area contributed by atoms with E-state index in [-0.39, 0.29) is 5.91 Å². The number of amides is 1. The highest BCUT2D eigenvalue weighted by Crippen LogP contribution is 2.25. The molecule has 1 aliphatic rings. The van der Waals surface area contributed by atoms with Gasteiger partial charge in [0.25, 0.3) is 0 Å². The first kappa shape index (κ1) is 13.9. The predicted octanol–water partition coefficient (Wildman–Crippen LogP) is 2.85. The molecule has 0 saturated heterocycles. The van der Waals surface area contributed by atoms with Crippen LogP contribution in [0, 0.1) is 12.8 Å². The molecule has 2 unspecified atom stereocenters. The Labute approximate surface area is 115 Å². The fraction of sp³-hybridized carbons (Fsp3) is 0.562. The van der Waals surface area contributed by atoms with Gasteiger partial charge < -0.3 is 10.1 Å². The van der Waals surface area contributed by atoms with Crippen molar-refractivity contribution in [3.63, 3.8) is 0 Å². The number of rotatable bonds is 4. The first-order chi connectivity index (χ1) is 9.08. The number of carbonyl (C=O) groups is 1. The van der Waals surface area contributed by atoms with E-state index in [0.717, 1.165) is 35.6 Å². The summed E-state index contributed by atoms with van der Waals surface area (Å²) in [6, 6.07) is 6.31. The van der Waals surface area contributed by atoms with Gasteiger partial charge in [-0.15, -0.1) is 0 Å². The van der Waals surface area contributed by atoms with E-state index in [1.54, 1.807) is 7.11 Å². The van der Waals surface area contributed by atoms with E-state index in [1.807, 2.05) is 25.1 Å². The maximum Gasteiger partial charge on any atom is 0.224 e. The van der Waals surface area contributed by atoms with Gasteiger partial charge in [-0.3, -0.25) is 4.79 Å². The lowest BCUT2D eigenvalue weighted by molar-refractivity contribution is -0.121. The number of aryl methyl sites for hydroxylation is 1. The molecule has 1 aromatic rings. The maximum absolute atomic E-state index is 12.0. The molecule has 0 heterocycles. The van der Waals surface area contributed by atoms with Gasteiger partial charge in [0.2, 0.25) is 5.91 Å². The smallest absolute Gasteiger partial charge is 0.224 e. The number of nitrogens with one attached hydrogen (secondary N) is 1. The summed E-state index contributed by atoms with van der Waals surface area (Å²) in [5, 5.41) is 3.13. The quantitative estimate of drug-likeness (QED) is 0.905. The number of ether oxygens (including phenoxy) is 1. The molecule has 2 rings (SSSR count). The minimum atomic E-state index is 0.116. The van der Waals surface area contributed by atoms with Crippen LogP contribution in [-0.4, -0.2) is 19.1 Å². The number of hydrogen-bond acceptors (Lipinski definition) is 2. The van der Waals surface area contributed by atoms with E-state index in [2.05, 4.69) is 12.2 Å². The van der Waals surface area contributed by atoms with Crippen LogP contribution in [0.3, 0.4) is 0 Å². The lowest BCUT2D eigenvalue weighted by atomic mass is 10.1. The Bertz CT molecular complexity index is 456. The first-order valence-electron chi connectivity index (χ1n) is 7.01. The molecule has 1 N–H and O–H groups in total. The van der Waals surface area contributed by atoms with Crippen LogP contribution in [0.5, 0.6) is 5.75 Å². The van der Waals surface area contributed by atoms with Crippen LogP contribution >= 0.6 is 0 Å². The molecule has 1 aliphatic carbocycles. The Morgan fingerprint density at radius 3 is 2.84 bits per heavy atom. The van der Waals surface area contributed by atoms with Gasteiger partial charge in [0.15, 0.2) is 0 Å². The van der Waals surface area contributed by atoms with Crippen LogP contribution in [0.15, 0.2) is 18.2 Å². The summed E-state index contributed by atoms with van der Waals surface area (Å²) in [6.45, 7) is 4.25. The van der Waals surface area contributed by atoms with E-state index in [1.165, 1.54) is 6.42 Å². The highest BCUT2D eigenvalue weighted by molar-refractivity contribution is 5.79. The highest BCUT2D eigenvalue weighted by Gasteiger charge is 2.22. The molecule has 0 radical (unpaired) electrons. The van der Waals surface area contributed by atoms with Gasteiger partial charge in [-0.25, -0.2) is 0 Å². The minimum absolute atomic E-state index is 0.116. The van der Waals surface area contributed by atoms with Gasteiger partial charge in [0, 0.05) is 6.04 Å². The van der Waals surface area contributed by atoms with Crippen molar-refractivity contribution >= 4 is 5.91 Å². The van der Waals surface area contributed by atoms with Crippen molar-refractivity contribution < 1.29 is 9.53 Å². The molecule has 1 aromatic carbocycles. The first-order valence-corrected chi connectivity index (χ1v) is 7.01. The lowest BCUT2D eigenvalue weighted by Gasteiger charge is -2.13. The van der Waals surface area contributed by atoms with E-state index in [0.29, 0.717) is 12.5 Å². The van der Waals surface area contributed by atoms with E-state index >= 15 is 0 Å². The summed E-state index contributed by atoms with van der Waals surface area (Å²) >= 11 is 0. The summed E-state index contributed by atoms with van der Waals surface area (Å²) in [5.74, 6) is 1.70. The fourth-order valence-corrected chi connectivity index (χ4v) is 2.78. The van der Waals surface area contributed by atoms with Crippen molar-refractivity contribution in [1.29, 1.82) is 0 Å². The third kappa shape index (κ3) is 3.72. The van der Waals surface area contributed by atoms with Gasteiger partial charge in [-0.2, -0.15) is 0 Å². The zero-order valence-electron chi connectivity index (χ0n) is 12.0. The molecular weight excluding hydrogens is 238 g/mol. The molecule has 3 nitrogen and oxygen atoms in total. The van der Waals surface area contributed by atoms with Crippen LogP contribution in [0.4, 0.5) is 0 Å². The Hall–Kier alpha value is -1.51. The Kier molecular flexibility index (Phi) is 4.46. The highest BCUT2D eigenvalue weighted by atomic mass is 16.5. The van der Waals surface area contributed by atoms with Gasteiger partial charge in [0.05, 0.1) is 13.5 Å². The average molecular weight is 261 g/mol. The minimum Gasteiger partial charge on any atom is -0.496 e. The molecule has 0 bridgehead atoms.